The summed E-state index contributed by atoms with van der Waals surface area (Å²) >= 11 is 5.87. The van der Waals surface area contributed by atoms with E-state index < -0.39 is 12.7 Å². The molecule has 1 aromatic heterocycles. The zero-order valence-corrected chi connectivity index (χ0v) is 16.6. The second-order valence-corrected chi connectivity index (χ2v) is 6.81. The fourth-order valence-corrected chi connectivity index (χ4v) is 2.99. The van der Waals surface area contributed by atoms with Crippen LogP contribution in [0.1, 0.15) is 11.7 Å². The number of hydrogen-bond acceptors (Lipinski definition) is 7. The minimum atomic E-state index is -4.42. The molecule has 0 aliphatic carbocycles. The van der Waals surface area contributed by atoms with Gasteiger partial charge in [0.25, 0.3) is 0 Å². The van der Waals surface area contributed by atoms with Gasteiger partial charge in [-0.1, -0.05) is 17.7 Å². The van der Waals surface area contributed by atoms with E-state index in [1.54, 1.807) is 23.1 Å². The van der Waals surface area contributed by atoms with Crippen molar-refractivity contribution in [1.29, 1.82) is 0 Å². The summed E-state index contributed by atoms with van der Waals surface area (Å²) < 4.78 is 48.5. The lowest BCUT2D eigenvalue weighted by Crippen LogP contribution is -2.37. The quantitative estimate of drug-likeness (QED) is 0.631. The molecule has 3 rings (SSSR count). The van der Waals surface area contributed by atoms with E-state index in [1.807, 2.05) is 0 Å². The Labute approximate surface area is 175 Å². The first kappa shape index (κ1) is 21.9. The van der Waals surface area contributed by atoms with Gasteiger partial charge in [0.2, 0.25) is 12.4 Å². The zero-order chi connectivity index (χ0) is 21.7. The molecular weight excluding hydrogens is 427 g/mol. The highest BCUT2D eigenvalue weighted by Gasteiger charge is 2.27. The van der Waals surface area contributed by atoms with Gasteiger partial charge in [0.1, 0.15) is 23.4 Å². The smallest absolute Gasteiger partial charge is 0.405 e. The summed E-state index contributed by atoms with van der Waals surface area (Å²) in [7, 11) is 1.47. The van der Waals surface area contributed by atoms with Crippen molar-refractivity contribution in [2.75, 3.05) is 44.0 Å². The third-order valence-electron chi connectivity index (χ3n) is 4.29. The Bertz CT molecular complexity index is 900. The fourth-order valence-electron chi connectivity index (χ4n) is 2.83. The Morgan fingerprint density at radius 3 is 2.93 bits per heavy atom. The summed E-state index contributed by atoms with van der Waals surface area (Å²) in [4.78, 5) is 20.6. The maximum absolute atomic E-state index is 12.4. The summed E-state index contributed by atoms with van der Waals surface area (Å²) in [6.45, 7) is 0.113. The number of carbonyl (C=O) groups excluding carboxylic acids is 1. The van der Waals surface area contributed by atoms with Crippen LogP contribution < -0.4 is 15.4 Å². The Morgan fingerprint density at radius 1 is 1.43 bits per heavy atom. The minimum Gasteiger partial charge on any atom is -0.495 e. The molecule has 12 heteroatoms. The van der Waals surface area contributed by atoms with Crippen LogP contribution in [0.5, 0.6) is 5.75 Å². The van der Waals surface area contributed by atoms with Crippen molar-refractivity contribution in [1.82, 2.24) is 14.9 Å². The molecule has 8 nitrogen and oxygen atoms in total. The van der Waals surface area contributed by atoms with Crippen LogP contribution in [0.2, 0.25) is 5.02 Å². The number of alkyl halides is 3. The molecule has 1 atom stereocenters. The first-order valence-electron chi connectivity index (χ1n) is 8.88. The molecule has 0 radical (unpaired) electrons. The van der Waals surface area contributed by atoms with Crippen LogP contribution in [0.25, 0.3) is 0 Å². The highest BCUT2D eigenvalue weighted by molar-refractivity contribution is 6.32. The van der Waals surface area contributed by atoms with E-state index in [9.17, 15) is 18.0 Å². The first-order valence-corrected chi connectivity index (χ1v) is 9.26. The van der Waals surface area contributed by atoms with Gasteiger partial charge in [-0.3, -0.25) is 4.79 Å². The number of anilines is 3. The molecule has 1 fully saturated rings. The predicted molar refractivity (Wildman–Crippen MR) is 104 cm³/mol. The molecule has 30 heavy (non-hydrogen) atoms. The van der Waals surface area contributed by atoms with Crippen molar-refractivity contribution in [3.8, 4) is 5.75 Å². The van der Waals surface area contributed by atoms with Crippen LogP contribution in [-0.2, 0) is 9.53 Å². The molecular formula is C18H19ClF3N5O3. The lowest BCUT2D eigenvalue weighted by Gasteiger charge is -2.30. The van der Waals surface area contributed by atoms with E-state index in [1.165, 1.54) is 13.3 Å². The summed E-state index contributed by atoms with van der Waals surface area (Å²) in [6, 6.07) is 5.25. The first-order chi connectivity index (χ1) is 14.3. The van der Waals surface area contributed by atoms with Gasteiger partial charge in [0.05, 0.1) is 32.1 Å². The number of aromatic nitrogens is 2. The SMILES string of the molecule is COc1cc(C2CN(C=O)CCO2)ccc1Nc1ncc(Cl)c(NCC(F)(F)F)n1. The van der Waals surface area contributed by atoms with Gasteiger partial charge in [-0.15, -0.1) is 0 Å². The van der Waals surface area contributed by atoms with E-state index in [0.717, 1.165) is 12.0 Å². The van der Waals surface area contributed by atoms with E-state index in [-0.39, 0.29) is 22.9 Å². The van der Waals surface area contributed by atoms with Crippen molar-refractivity contribution in [2.45, 2.75) is 12.3 Å². The Hall–Kier alpha value is -2.79. The van der Waals surface area contributed by atoms with Crippen LogP contribution in [0, 0.1) is 0 Å². The van der Waals surface area contributed by atoms with Crippen LogP contribution in [0.15, 0.2) is 24.4 Å². The molecule has 2 N–H and O–H groups in total. The van der Waals surface area contributed by atoms with E-state index in [4.69, 9.17) is 21.1 Å². The van der Waals surface area contributed by atoms with Gasteiger partial charge < -0.3 is 25.0 Å². The van der Waals surface area contributed by atoms with Crippen LogP contribution in [0.3, 0.4) is 0 Å². The number of nitrogens with one attached hydrogen (secondary N) is 2. The lowest BCUT2D eigenvalue weighted by molar-refractivity contribution is -0.125. The molecule has 0 bridgehead atoms. The number of amides is 1. The number of benzene rings is 1. The van der Waals surface area contributed by atoms with Gasteiger partial charge >= 0.3 is 6.18 Å². The topological polar surface area (TPSA) is 88.6 Å². The van der Waals surface area contributed by atoms with Crippen LogP contribution in [0.4, 0.5) is 30.6 Å². The third kappa shape index (κ3) is 5.63. The maximum Gasteiger partial charge on any atom is 0.405 e. The molecule has 1 saturated heterocycles. The Morgan fingerprint density at radius 2 is 2.23 bits per heavy atom. The average molecular weight is 446 g/mol. The number of halogens is 4. The van der Waals surface area contributed by atoms with Gasteiger partial charge in [-0.25, -0.2) is 4.98 Å². The zero-order valence-electron chi connectivity index (χ0n) is 15.9. The molecule has 162 valence electrons. The standard InChI is InChI=1S/C18H19ClF3N5O3/c1-29-14-6-11(15-8-27(10-28)4-5-30-15)2-3-13(14)25-17-23-7-12(19)16(26-17)24-9-18(20,21)22/h2-3,6-7,10,15H,4-5,8-9H2,1H3,(H2,23,24,25,26). The lowest BCUT2D eigenvalue weighted by atomic mass is 10.1. The monoisotopic (exact) mass is 445 g/mol. The normalized spacial score (nSPS) is 16.8. The maximum atomic E-state index is 12.4. The second kappa shape index (κ2) is 9.35. The van der Waals surface area contributed by atoms with Crippen molar-refractivity contribution >= 4 is 35.5 Å². The molecule has 0 saturated carbocycles. The van der Waals surface area contributed by atoms with Crippen LogP contribution in [-0.4, -0.2) is 60.8 Å². The van der Waals surface area contributed by atoms with E-state index >= 15 is 0 Å². The number of ether oxygens (including phenoxy) is 2. The number of rotatable bonds is 7. The number of morpholine rings is 1. The molecule has 2 aromatic rings. The predicted octanol–water partition coefficient (Wildman–Crippen LogP) is 3.39. The molecule has 1 aliphatic rings. The van der Waals surface area contributed by atoms with Crippen LogP contribution >= 0.6 is 11.6 Å². The van der Waals surface area contributed by atoms with Gasteiger partial charge in [0, 0.05) is 6.54 Å². The van der Waals surface area contributed by atoms with Gasteiger partial charge in [0.15, 0.2) is 5.82 Å². The number of carbonyl (C=O) groups is 1. The summed E-state index contributed by atoms with van der Waals surface area (Å²) in [6.07, 6.45) is -2.73. The fraction of sp³-hybridized carbons (Fsp3) is 0.389. The second-order valence-electron chi connectivity index (χ2n) is 6.40. The molecule has 0 spiro atoms. The molecule has 2 heterocycles. The largest absolute Gasteiger partial charge is 0.495 e. The Kier molecular flexibility index (Phi) is 6.83. The molecule has 1 unspecified atom stereocenters. The minimum absolute atomic E-state index is 0.0381. The van der Waals surface area contributed by atoms with Gasteiger partial charge in [-0.2, -0.15) is 18.2 Å². The summed E-state index contributed by atoms with van der Waals surface area (Å²) in [5.74, 6) is 0.338. The van der Waals surface area contributed by atoms with E-state index in [0.29, 0.717) is 31.1 Å². The highest BCUT2D eigenvalue weighted by atomic mass is 35.5. The third-order valence-corrected chi connectivity index (χ3v) is 4.57. The van der Waals surface area contributed by atoms with E-state index in [2.05, 4.69) is 20.6 Å². The van der Waals surface area contributed by atoms with Crippen molar-refractivity contribution in [3.63, 3.8) is 0 Å². The van der Waals surface area contributed by atoms with Gasteiger partial charge in [-0.05, 0) is 17.7 Å². The van der Waals surface area contributed by atoms with Crippen molar-refractivity contribution in [2.24, 2.45) is 0 Å². The van der Waals surface area contributed by atoms with Crippen molar-refractivity contribution in [3.05, 3.63) is 35.0 Å². The highest BCUT2D eigenvalue weighted by Crippen LogP contribution is 2.33. The molecule has 1 amide bonds. The summed E-state index contributed by atoms with van der Waals surface area (Å²) in [5, 5.41) is 5.00. The number of hydrogen-bond donors (Lipinski definition) is 2. The number of methoxy groups -OCH3 is 1. The molecule has 1 aliphatic heterocycles. The molecule has 1 aromatic carbocycles. The van der Waals surface area contributed by atoms with Crippen molar-refractivity contribution < 1.29 is 27.4 Å². The average Bonchev–Trinajstić information content (AvgIpc) is 2.73. The summed E-state index contributed by atoms with van der Waals surface area (Å²) in [5.41, 5.74) is 1.31. The Balaban J connectivity index is 1.77. The number of nitrogens with zero attached hydrogens (tertiary/aromatic N) is 3.